The third-order valence-electron chi connectivity index (χ3n) is 4.31. The van der Waals surface area contributed by atoms with Gasteiger partial charge in [0.05, 0.1) is 0 Å². The molecule has 0 bridgehead atoms. The number of nitrogens with one attached hydrogen (secondary N) is 1. The molecule has 2 nitrogen and oxygen atoms in total. The minimum atomic E-state index is 0.754. The van der Waals surface area contributed by atoms with Gasteiger partial charge < -0.3 is 5.32 Å². The molecule has 0 saturated carbocycles. The number of likely N-dealkylation sites (tertiary alicyclic amines) is 1. The molecule has 0 radical (unpaired) electrons. The van der Waals surface area contributed by atoms with Crippen LogP contribution in [0.5, 0.6) is 0 Å². The summed E-state index contributed by atoms with van der Waals surface area (Å²) in [6, 6.07) is 1.60. The smallest absolute Gasteiger partial charge is 0.0221 e. The fourth-order valence-corrected chi connectivity index (χ4v) is 3.23. The molecule has 2 rings (SSSR count). The summed E-state index contributed by atoms with van der Waals surface area (Å²) < 4.78 is 0. The first-order valence-electron chi connectivity index (χ1n) is 6.66. The van der Waals surface area contributed by atoms with Crippen molar-refractivity contribution in [1.82, 2.24) is 10.2 Å². The maximum Gasteiger partial charge on any atom is 0.0221 e. The Labute approximate surface area is 94.4 Å². The second-order valence-corrected chi connectivity index (χ2v) is 5.78. The van der Waals surface area contributed by atoms with Crippen LogP contribution in [0.2, 0.25) is 0 Å². The average molecular weight is 210 g/mol. The van der Waals surface area contributed by atoms with Crippen molar-refractivity contribution in [1.29, 1.82) is 0 Å². The van der Waals surface area contributed by atoms with Crippen molar-refractivity contribution < 1.29 is 0 Å². The van der Waals surface area contributed by atoms with Crippen LogP contribution >= 0.6 is 0 Å². The van der Waals surface area contributed by atoms with Gasteiger partial charge in [-0.1, -0.05) is 20.8 Å². The largest absolute Gasteiger partial charge is 0.312 e. The quantitative estimate of drug-likeness (QED) is 0.767. The highest BCUT2D eigenvalue weighted by Crippen LogP contribution is 2.25. The van der Waals surface area contributed by atoms with Gasteiger partial charge >= 0.3 is 0 Å². The molecule has 3 atom stereocenters. The molecule has 2 aliphatic rings. The maximum absolute atomic E-state index is 3.65. The monoisotopic (exact) mass is 210 g/mol. The highest BCUT2D eigenvalue weighted by molar-refractivity contribution is 4.89. The molecule has 15 heavy (non-hydrogen) atoms. The van der Waals surface area contributed by atoms with Crippen molar-refractivity contribution in [2.75, 3.05) is 19.6 Å². The third kappa shape index (κ3) is 2.54. The minimum Gasteiger partial charge on any atom is -0.312 e. The maximum atomic E-state index is 3.65. The molecule has 0 aromatic carbocycles. The molecule has 3 unspecified atom stereocenters. The third-order valence-corrected chi connectivity index (χ3v) is 4.31. The van der Waals surface area contributed by atoms with Crippen LogP contribution in [-0.4, -0.2) is 36.6 Å². The van der Waals surface area contributed by atoms with E-state index in [4.69, 9.17) is 0 Å². The topological polar surface area (TPSA) is 15.3 Å². The highest BCUT2D eigenvalue weighted by Gasteiger charge is 2.31. The van der Waals surface area contributed by atoms with E-state index in [1.807, 2.05) is 0 Å². The number of rotatable bonds is 3. The molecule has 0 aliphatic carbocycles. The molecule has 0 aromatic rings. The molecule has 2 heteroatoms. The normalized spacial score (nSPS) is 38.0. The molecule has 2 heterocycles. The van der Waals surface area contributed by atoms with E-state index in [1.165, 1.54) is 38.9 Å². The second-order valence-electron chi connectivity index (χ2n) is 5.78. The molecule has 1 N–H and O–H groups in total. The fourth-order valence-electron chi connectivity index (χ4n) is 3.23. The van der Waals surface area contributed by atoms with Crippen molar-refractivity contribution in [3.63, 3.8) is 0 Å². The van der Waals surface area contributed by atoms with E-state index in [0.717, 1.165) is 23.9 Å². The van der Waals surface area contributed by atoms with Crippen molar-refractivity contribution >= 4 is 0 Å². The summed E-state index contributed by atoms with van der Waals surface area (Å²) >= 11 is 0. The molecule has 0 aromatic heterocycles. The van der Waals surface area contributed by atoms with Crippen LogP contribution in [-0.2, 0) is 0 Å². The van der Waals surface area contributed by atoms with Crippen LogP contribution in [0.3, 0.4) is 0 Å². The Morgan fingerprint density at radius 1 is 1.33 bits per heavy atom. The van der Waals surface area contributed by atoms with Crippen LogP contribution in [0.25, 0.3) is 0 Å². The van der Waals surface area contributed by atoms with E-state index in [9.17, 15) is 0 Å². The predicted octanol–water partition coefficient (Wildman–Crippen LogP) is 2.10. The predicted molar refractivity (Wildman–Crippen MR) is 65.0 cm³/mol. The van der Waals surface area contributed by atoms with Gasteiger partial charge in [0.15, 0.2) is 0 Å². The van der Waals surface area contributed by atoms with E-state index in [0.29, 0.717) is 0 Å². The second kappa shape index (κ2) is 4.84. The van der Waals surface area contributed by atoms with Crippen LogP contribution in [0.15, 0.2) is 0 Å². The molecular weight excluding hydrogens is 184 g/mol. The lowest BCUT2D eigenvalue weighted by Gasteiger charge is -2.31. The van der Waals surface area contributed by atoms with Gasteiger partial charge in [-0.3, -0.25) is 4.90 Å². The Bertz CT molecular complexity index is 203. The lowest BCUT2D eigenvalue weighted by molar-refractivity contribution is 0.181. The fraction of sp³-hybridized carbons (Fsp3) is 1.00. The molecule has 88 valence electrons. The van der Waals surface area contributed by atoms with Crippen molar-refractivity contribution in [2.45, 2.75) is 52.1 Å². The summed E-state index contributed by atoms with van der Waals surface area (Å²) in [5, 5.41) is 3.65. The van der Waals surface area contributed by atoms with E-state index in [1.54, 1.807) is 0 Å². The highest BCUT2D eigenvalue weighted by atomic mass is 15.2. The van der Waals surface area contributed by atoms with Crippen LogP contribution < -0.4 is 5.32 Å². The number of hydrogen-bond donors (Lipinski definition) is 1. The van der Waals surface area contributed by atoms with Gasteiger partial charge in [0.1, 0.15) is 0 Å². The summed E-state index contributed by atoms with van der Waals surface area (Å²) in [5.74, 6) is 1.70. The summed E-state index contributed by atoms with van der Waals surface area (Å²) in [4.78, 5) is 2.73. The first-order chi connectivity index (χ1) is 7.18. The van der Waals surface area contributed by atoms with E-state index in [-0.39, 0.29) is 0 Å². The van der Waals surface area contributed by atoms with Gasteiger partial charge in [0.25, 0.3) is 0 Å². The van der Waals surface area contributed by atoms with Crippen LogP contribution in [0.1, 0.15) is 40.0 Å². The first kappa shape index (κ1) is 11.4. The van der Waals surface area contributed by atoms with Crippen molar-refractivity contribution in [2.24, 2.45) is 11.8 Å². The van der Waals surface area contributed by atoms with E-state index in [2.05, 4.69) is 31.0 Å². The first-order valence-corrected chi connectivity index (χ1v) is 6.66. The lowest BCUT2D eigenvalue weighted by atomic mass is 9.99. The summed E-state index contributed by atoms with van der Waals surface area (Å²) in [6.07, 6.45) is 4.19. The number of hydrogen-bond acceptors (Lipinski definition) is 2. The van der Waals surface area contributed by atoms with E-state index < -0.39 is 0 Å². The average Bonchev–Trinajstić information content (AvgIpc) is 2.77. The van der Waals surface area contributed by atoms with Crippen LogP contribution in [0.4, 0.5) is 0 Å². The molecule has 0 amide bonds. The van der Waals surface area contributed by atoms with Crippen molar-refractivity contribution in [3.05, 3.63) is 0 Å². The van der Waals surface area contributed by atoms with E-state index >= 15 is 0 Å². The summed E-state index contributed by atoms with van der Waals surface area (Å²) in [5.41, 5.74) is 0. The Balaban J connectivity index is 1.87. The molecule has 2 saturated heterocycles. The number of nitrogens with zero attached hydrogens (tertiary/aromatic N) is 1. The SMILES string of the molecule is CC(C)C1CCCN1CC1NCCC1C. The van der Waals surface area contributed by atoms with Gasteiger partial charge in [-0.15, -0.1) is 0 Å². The van der Waals surface area contributed by atoms with Crippen molar-refractivity contribution in [3.8, 4) is 0 Å². The standard InChI is InChI=1S/C13H26N2/c1-10(2)13-5-4-8-15(13)9-12-11(3)6-7-14-12/h10-14H,4-9H2,1-3H3. The Morgan fingerprint density at radius 2 is 2.13 bits per heavy atom. The van der Waals surface area contributed by atoms with Gasteiger partial charge in [-0.05, 0) is 44.2 Å². The molecular formula is C13H26N2. The zero-order valence-corrected chi connectivity index (χ0v) is 10.5. The Morgan fingerprint density at radius 3 is 2.73 bits per heavy atom. The zero-order chi connectivity index (χ0) is 10.8. The van der Waals surface area contributed by atoms with Gasteiger partial charge in [-0.25, -0.2) is 0 Å². The zero-order valence-electron chi connectivity index (χ0n) is 10.5. The lowest BCUT2D eigenvalue weighted by Crippen LogP contribution is -2.43. The van der Waals surface area contributed by atoms with Crippen LogP contribution in [0, 0.1) is 11.8 Å². The Kier molecular flexibility index (Phi) is 3.68. The summed E-state index contributed by atoms with van der Waals surface area (Å²) in [7, 11) is 0. The molecule has 0 spiro atoms. The van der Waals surface area contributed by atoms with Gasteiger partial charge in [0, 0.05) is 18.6 Å². The Hall–Kier alpha value is -0.0800. The molecule has 2 fully saturated rings. The van der Waals surface area contributed by atoms with Gasteiger partial charge in [0.2, 0.25) is 0 Å². The summed E-state index contributed by atoms with van der Waals surface area (Å²) in [6.45, 7) is 11.0. The molecule has 2 aliphatic heterocycles. The van der Waals surface area contributed by atoms with Gasteiger partial charge in [-0.2, -0.15) is 0 Å². The minimum absolute atomic E-state index is 0.754.